The van der Waals surface area contributed by atoms with E-state index < -0.39 is 0 Å². The molecule has 34 heavy (non-hydrogen) atoms. The summed E-state index contributed by atoms with van der Waals surface area (Å²) in [6.45, 7) is 16.1. The summed E-state index contributed by atoms with van der Waals surface area (Å²) in [4.78, 5) is 17.0. The first-order chi connectivity index (χ1) is 16.3. The molecule has 7 nitrogen and oxygen atoms in total. The standard InChI is InChI=1S/C26H33N5O2S/c1-7-19(9-8-16(2)3)21-10-11-22-24(27-21)34-26(28-22)32-18(6)20-12-14-31(15-13-20)25-29-23(17(4)5)30-33-25/h7-11,17-18,20H,1,12-15H2,2-6H3/b19-9+. The van der Waals surface area contributed by atoms with Gasteiger partial charge in [0.2, 0.25) is 0 Å². The zero-order valence-electron chi connectivity index (χ0n) is 20.6. The number of nitrogens with zero attached hydrogens (tertiary/aromatic N) is 5. The van der Waals surface area contributed by atoms with Crippen molar-refractivity contribution in [1.82, 2.24) is 20.1 Å². The number of aromatic nitrogens is 4. The molecule has 8 heteroatoms. The normalized spacial score (nSPS) is 16.2. The van der Waals surface area contributed by atoms with Gasteiger partial charge in [0.25, 0.3) is 5.19 Å². The van der Waals surface area contributed by atoms with Crippen molar-refractivity contribution in [3.05, 3.63) is 54.0 Å². The topological polar surface area (TPSA) is 77.2 Å². The Morgan fingerprint density at radius 1 is 1.15 bits per heavy atom. The van der Waals surface area contributed by atoms with E-state index in [1.54, 1.807) is 0 Å². The first kappa shape index (κ1) is 24.1. The second-order valence-electron chi connectivity index (χ2n) is 9.31. The molecule has 3 aromatic rings. The molecule has 0 bridgehead atoms. The molecule has 3 aromatic heterocycles. The molecule has 1 saturated heterocycles. The summed E-state index contributed by atoms with van der Waals surface area (Å²) in [6, 6.07) is 4.61. The number of rotatable bonds is 8. The average Bonchev–Trinajstić information content (AvgIpc) is 3.46. The SMILES string of the molecule is C=C/C(=C\C=C(C)C)c1ccc2nc(OC(C)C3CCN(c4nc(C(C)C)no4)CC3)sc2n1. The van der Waals surface area contributed by atoms with Gasteiger partial charge in [-0.25, -0.2) is 9.97 Å². The summed E-state index contributed by atoms with van der Waals surface area (Å²) in [5.41, 5.74) is 3.96. The quantitative estimate of drug-likeness (QED) is 0.345. The van der Waals surface area contributed by atoms with E-state index in [1.807, 2.05) is 24.3 Å². The van der Waals surface area contributed by atoms with Crippen LogP contribution in [0.25, 0.3) is 15.9 Å². The fourth-order valence-corrected chi connectivity index (χ4v) is 4.80. The van der Waals surface area contributed by atoms with Crippen molar-refractivity contribution in [3.63, 3.8) is 0 Å². The van der Waals surface area contributed by atoms with E-state index in [4.69, 9.17) is 14.2 Å². The van der Waals surface area contributed by atoms with Gasteiger partial charge in [-0.15, -0.1) is 0 Å². The van der Waals surface area contributed by atoms with E-state index in [0.29, 0.717) is 17.1 Å². The monoisotopic (exact) mass is 479 g/mol. The van der Waals surface area contributed by atoms with E-state index in [9.17, 15) is 0 Å². The molecule has 0 saturated carbocycles. The van der Waals surface area contributed by atoms with Crippen molar-refractivity contribution in [3.8, 4) is 5.19 Å². The zero-order valence-corrected chi connectivity index (χ0v) is 21.4. The average molecular weight is 480 g/mol. The largest absolute Gasteiger partial charge is 0.467 e. The minimum absolute atomic E-state index is 0.0670. The highest BCUT2D eigenvalue weighted by atomic mass is 32.1. The Kier molecular flexibility index (Phi) is 7.46. The van der Waals surface area contributed by atoms with Gasteiger partial charge in [-0.1, -0.05) is 60.7 Å². The summed E-state index contributed by atoms with van der Waals surface area (Å²) in [7, 11) is 0. The van der Waals surface area contributed by atoms with Crippen molar-refractivity contribution in [2.24, 2.45) is 5.92 Å². The van der Waals surface area contributed by atoms with Crippen LogP contribution in [-0.4, -0.2) is 39.3 Å². The highest BCUT2D eigenvalue weighted by Gasteiger charge is 2.28. The molecule has 180 valence electrons. The number of allylic oxidation sites excluding steroid dienone is 5. The zero-order chi connectivity index (χ0) is 24.2. The molecule has 0 N–H and O–H groups in total. The molecule has 1 aliphatic rings. The van der Waals surface area contributed by atoms with Crippen LogP contribution >= 0.6 is 11.3 Å². The third kappa shape index (κ3) is 5.55. The van der Waals surface area contributed by atoms with Crippen molar-refractivity contribution in [2.75, 3.05) is 18.0 Å². The van der Waals surface area contributed by atoms with Crippen LogP contribution in [-0.2, 0) is 0 Å². The molecular weight excluding hydrogens is 446 g/mol. The highest BCUT2D eigenvalue weighted by Crippen LogP contribution is 2.32. The Morgan fingerprint density at radius 3 is 2.56 bits per heavy atom. The molecule has 1 fully saturated rings. The fraction of sp³-hybridized carbons (Fsp3) is 0.462. The Hall–Kier alpha value is -3.00. The second kappa shape index (κ2) is 10.5. The predicted molar refractivity (Wildman–Crippen MR) is 138 cm³/mol. The summed E-state index contributed by atoms with van der Waals surface area (Å²) in [6.07, 6.45) is 8.02. The van der Waals surface area contributed by atoms with Crippen LogP contribution in [0.5, 0.6) is 5.19 Å². The number of fused-ring (bicyclic) bond motifs is 1. The molecule has 0 spiro atoms. The molecule has 4 heterocycles. The maximum Gasteiger partial charge on any atom is 0.324 e. The molecule has 0 amide bonds. The molecule has 0 aliphatic carbocycles. The Morgan fingerprint density at radius 2 is 1.91 bits per heavy atom. The van der Waals surface area contributed by atoms with Crippen LogP contribution in [0.15, 0.2) is 47.0 Å². The summed E-state index contributed by atoms with van der Waals surface area (Å²) >= 11 is 1.49. The van der Waals surface area contributed by atoms with Gasteiger partial charge in [-0.2, -0.15) is 4.98 Å². The van der Waals surface area contributed by atoms with Crippen LogP contribution < -0.4 is 9.64 Å². The third-order valence-electron chi connectivity index (χ3n) is 6.06. The van der Waals surface area contributed by atoms with Crippen LogP contribution in [0.4, 0.5) is 6.01 Å². The van der Waals surface area contributed by atoms with E-state index in [2.05, 4.69) is 67.3 Å². The number of anilines is 1. The Bertz CT molecular complexity index is 1200. The molecule has 0 aromatic carbocycles. The lowest BCUT2D eigenvalue weighted by atomic mass is 9.92. The molecule has 4 rings (SSSR count). The minimum Gasteiger partial charge on any atom is -0.467 e. The highest BCUT2D eigenvalue weighted by molar-refractivity contribution is 7.19. The summed E-state index contributed by atoms with van der Waals surface area (Å²) < 4.78 is 11.7. The molecule has 1 unspecified atom stereocenters. The van der Waals surface area contributed by atoms with Crippen molar-refractivity contribution >= 4 is 33.3 Å². The Balaban J connectivity index is 1.39. The molecule has 1 aliphatic heterocycles. The Labute approximate surface area is 205 Å². The van der Waals surface area contributed by atoms with Crippen molar-refractivity contribution in [2.45, 2.75) is 59.5 Å². The number of pyridine rings is 1. The number of thiazole rings is 1. The maximum absolute atomic E-state index is 6.27. The summed E-state index contributed by atoms with van der Waals surface area (Å²) in [5, 5.41) is 4.75. The van der Waals surface area contributed by atoms with Crippen LogP contribution in [0.3, 0.4) is 0 Å². The third-order valence-corrected chi connectivity index (χ3v) is 6.91. The molecule has 1 atom stereocenters. The van der Waals surface area contributed by atoms with Gasteiger partial charge < -0.3 is 14.2 Å². The lowest BCUT2D eigenvalue weighted by molar-refractivity contribution is 0.131. The van der Waals surface area contributed by atoms with Gasteiger partial charge in [0.15, 0.2) is 5.82 Å². The molecule has 0 radical (unpaired) electrons. The lowest BCUT2D eigenvalue weighted by Crippen LogP contribution is -2.38. The van der Waals surface area contributed by atoms with E-state index in [1.165, 1.54) is 16.9 Å². The van der Waals surface area contributed by atoms with E-state index in [0.717, 1.165) is 53.4 Å². The van der Waals surface area contributed by atoms with Crippen molar-refractivity contribution in [1.29, 1.82) is 0 Å². The van der Waals surface area contributed by atoms with Gasteiger partial charge >= 0.3 is 6.01 Å². The van der Waals surface area contributed by atoms with Gasteiger partial charge in [0.05, 0.1) is 5.69 Å². The van der Waals surface area contributed by atoms with Crippen LogP contribution in [0.1, 0.15) is 64.9 Å². The maximum atomic E-state index is 6.27. The first-order valence-corrected chi connectivity index (χ1v) is 12.7. The lowest BCUT2D eigenvalue weighted by Gasteiger charge is -2.33. The van der Waals surface area contributed by atoms with Crippen LogP contribution in [0, 0.1) is 5.92 Å². The molecular formula is C26H33N5O2S. The van der Waals surface area contributed by atoms with Crippen LogP contribution in [0.2, 0.25) is 0 Å². The number of ether oxygens (including phenoxy) is 1. The van der Waals surface area contributed by atoms with E-state index >= 15 is 0 Å². The van der Waals surface area contributed by atoms with Crippen molar-refractivity contribution < 1.29 is 9.26 Å². The number of hydrogen-bond donors (Lipinski definition) is 0. The minimum atomic E-state index is 0.0670. The fourth-order valence-electron chi connectivity index (χ4n) is 3.93. The second-order valence-corrected chi connectivity index (χ2v) is 10.2. The smallest absolute Gasteiger partial charge is 0.324 e. The number of piperidine rings is 1. The van der Waals surface area contributed by atoms with Gasteiger partial charge in [0.1, 0.15) is 16.5 Å². The van der Waals surface area contributed by atoms with Gasteiger partial charge in [-0.05, 0) is 57.2 Å². The van der Waals surface area contributed by atoms with E-state index in [-0.39, 0.29) is 12.0 Å². The number of hydrogen-bond acceptors (Lipinski definition) is 8. The predicted octanol–water partition coefficient (Wildman–Crippen LogP) is 6.42. The summed E-state index contributed by atoms with van der Waals surface area (Å²) in [5.74, 6) is 1.47. The first-order valence-electron chi connectivity index (χ1n) is 11.8. The van der Waals surface area contributed by atoms with Gasteiger partial charge in [0, 0.05) is 19.0 Å². The van der Waals surface area contributed by atoms with Gasteiger partial charge in [-0.3, -0.25) is 0 Å².